The average Bonchev–Trinajstić information content (AvgIpc) is 2.46. The van der Waals surface area contributed by atoms with Gasteiger partial charge in [0.25, 0.3) is 0 Å². The van der Waals surface area contributed by atoms with Gasteiger partial charge in [0.1, 0.15) is 5.75 Å². The van der Waals surface area contributed by atoms with Crippen molar-refractivity contribution in [1.82, 2.24) is 4.98 Å². The molecule has 0 saturated heterocycles. The van der Waals surface area contributed by atoms with Gasteiger partial charge in [0.2, 0.25) is 0 Å². The third-order valence-electron chi connectivity index (χ3n) is 2.74. The van der Waals surface area contributed by atoms with E-state index in [1.54, 1.807) is 19.5 Å². The van der Waals surface area contributed by atoms with E-state index >= 15 is 0 Å². The minimum absolute atomic E-state index is 0.151. The van der Waals surface area contributed by atoms with E-state index in [1.165, 1.54) is 0 Å². The summed E-state index contributed by atoms with van der Waals surface area (Å²) in [6, 6.07) is 11.2. The van der Waals surface area contributed by atoms with Crippen LogP contribution in [0, 0.1) is 0 Å². The Morgan fingerprint density at radius 3 is 2.72 bits per heavy atom. The minimum Gasteiger partial charge on any atom is -0.495 e. The van der Waals surface area contributed by atoms with E-state index < -0.39 is 0 Å². The van der Waals surface area contributed by atoms with E-state index in [0.717, 1.165) is 16.9 Å². The maximum atomic E-state index is 11.9. The Kier molecular flexibility index (Phi) is 4.07. The second-order valence-electron chi connectivity index (χ2n) is 4.02. The first kappa shape index (κ1) is 12.3. The molecule has 0 aliphatic rings. The number of Topliss-reactive ketones (excluding diaryl/α,β-unsaturated/α-hetero) is 1. The average molecular weight is 241 g/mol. The first-order valence-corrected chi connectivity index (χ1v) is 5.86. The fourth-order valence-electron chi connectivity index (χ4n) is 1.74. The van der Waals surface area contributed by atoms with Gasteiger partial charge in [-0.15, -0.1) is 0 Å². The minimum atomic E-state index is 0.151. The summed E-state index contributed by atoms with van der Waals surface area (Å²) in [5.74, 6) is 0.873. The van der Waals surface area contributed by atoms with Gasteiger partial charge < -0.3 is 4.74 Å². The summed E-state index contributed by atoms with van der Waals surface area (Å²) in [5, 5.41) is 0. The van der Waals surface area contributed by atoms with Gasteiger partial charge in [0.05, 0.1) is 13.3 Å². The molecule has 0 bridgehead atoms. The largest absolute Gasteiger partial charge is 0.495 e. The number of carbonyl (C=O) groups excluding carboxylic acids is 1. The van der Waals surface area contributed by atoms with Crippen LogP contribution in [-0.2, 0) is 6.42 Å². The van der Waals surface area contributed by atoms with E-state index in [2.05, 4.69) is 4.98 Å². The highest BCUT2D eigenvalue weighted by molar-refractivity contribution is 5.96. The third kappa shape index (κ3) is 3.17. The summed E-state index contributed by atoms with van der Waals surface area (Å²) in [6.07, 6.45) is 4.58. The molecule has 1 aromatic carbocycles. The Morgan fingerprint density at radius 1 is 1.22 bits per heavy atom. The van der Waals surface area contributed by atoms with Crippen LogP contribution in [0.5, 0.6) is 5.75 Å². The number of ketones is 1. The van der Waals surface area contributed by atoms with Gasteiger partial charge >= 0.3 is 0 Å². The molecule has 2 rings (SSSR count). The number of hydrogen-bond donors (Lipinski definition) is 0. The zero-order valence-electron chi connectivity index (χ0n) is 10.3. The van der Waals surface area contributed by atoms with E-state index in [0.29, 0.717) is 12.8 Å². The molecule has 92 valence electrons. The summed E-state index contributed by atoms with van der Waals surface area (Å²) in [7, 11) is 1.61. The molecule has 0 saturated carbocycles. The number of methoxy groups -OCH3 is 1. The van der Waals surface area contributed by atoms with Crippen molar-refractivity contribution in [1.29, 1.82) is 0 Å². The molecular formula is C15H15NO2. The lowest BCUT2D eigenvalue weighted by Crippen LogP contribution is -2.01. The number of hydrogen-bond acceptors (Lipinski definition) is 3. The van der Waals surface area contributed by atoms with E-state index in [1.807, 2.05) is 36.4 Å². The number of ether oxygens (including phenoxy) is 1. The van der Waals surface area contributed by atoms with Gasteiger partial charge in [-0.3, -0.25) is 9.78 Å². The summed E-state index contributed by atoms with van der Waals surface area (Å²) < 4.78 is 5.10. The van der Waals surface area contributed by atoms with E-state index in [4.69, 9.17) is 4.74 Å². The van der Waals surface area contributed by atoms with Crippen molar-refractivity contribution < 1.29 is 9.53 Å². The maximum absolute atomic E-state index is 11.9. The molecule has 0 N–H and O–H groups in total. The molecule has 0 spiro atoms. The van der Waals surface area contributed by atoms with Crippen LogP contribution < -0.4 is 4.74 Å². The topological polar surface area (TPSA) is 39.2 Å². The Labute approximate surface area is 106 Å². The number of nitrogens with zero attached hydrogens (tertiary/aromatic N) is 1. The Hall–Kier alpha value is -2.16. The molecule has 3 nitrogen and oxygen atoms in total. The number of aromatic nitrogens is 1. The number of rotatable bonds is 5. The van der Waals surface area contributed by atoms with Gasteiger partial charge in [-0.1, -0.05) is 30.3 Å². The molecule has 0 aliphatic heterocycles. The van der Waals surface area contributed by atoms with Gasteiger partial charge in [-0.2, -0.15) is 0 Å². The second-order valence-corrected chi connectivity index (χ2v) is 4.02. The highest BCUT2D eigenvalue weighted by atomic mass is 16.5. The maximum Gasteiger partial charge on any atom is 0.163 e. The van der Waals surface area contributed by atoms with Crippen molar-refractivity contribution in [3.05, 3.63) is 59.9 Å². The zero-order chi connectivity index (χ0) is 12.8. The van der Waals surface area contributed by atoms with Crippen LogP contribution >= 0.6 is 0 Å². The Bertz CT molecular complexity index is 523. The predicted octanol–water partition coefficient (Wildman–Crippen LogP) is 2.91. The Balaban J connectivity index is 1.97. The smallest absolute Gasteiger partial charge is 0.163 e. The summed E-state index contributed by atoms with van der Waals surface area (Å²) in [4.78, 5) is 16.0. The highest BCUT2D eigenvalue weighted by Gasteiger charge is 2.06. The van der Waals surface area contributed by atoms with Crippen LogP contribution in [0.2, 0.25) is 0 Å². The molecule has 0 aliphatic carbocycles. The second kappa shape index (κ2) is 5.96. The van der Waals surface area contributed by atoms with Crippen molar-refractivity contribution in [2.75, 3.05) is 7.11 Å². The number of pyridine rings is 1. The normalized spacial score (nSPS) is 10.1. The lowest BCUT2D eigenvalue weighted by atomic mass is 10.0. The fraction of sp³-hybridized carbons (Fsp3) is 0.200. The predicted molar refractivity (Wildman–Crippen MR) is 69.9 cm³/mol. The molecule has 0 unspecified atom stereocenters. The third-order valence-corrected chi connectivity index (χ3v) is 2.74. The fourth-order valence-corrected chi connectivity index (χ4v) is 1.74. The van der Waals surface area contributed by atoms with Crippen LogP contribution in [0.25, 0.3) is 0 Å². The van der Waals surface area contributed by atoms with Crippen molar-refractivity contribution >= 4 is 5.78 Å². The molecule has 18 heavy (non-hydrogen) atoms. The molecule has 0 atom stereocenters. The molecule has 1 aromatic heterocycles. The van der Waals surface area contributed by atoms with Crippen molar-refractivity contribution in [2.24, 2.45) is 0 Å². The molecule has 2 aromatic rings. The summed E-state index contributed by atoms with van der Waals surface area (Å²) >= 11 is 0. The Morgan fingerprint density at radius 2 is 2.00 bits per heavy atom. The molecule has 1 heterocycles. The quantitative estimate of drug-likeness (QED) is 0.755. The monoisotopic (exact) mass is 241 g/mol. The molecule has 0 amide bonds. The number of carbonyl (C=O) groups is 1. The number of benzene rings is 1. The number of aryl methyl sites for hydroxylation is 1. The van der Waals surface area contributed by atoms with Gasteiger partial charge in [0.15, 0.2) is 5.78 Å². The SMILES string of the molecule is COc1cncc(CCC(=O)c2ccccc2)c1. The van der Waals surface area contributed by atoms with Crippen molar-refractivity contribution in [3.63, 3.8) is 0 Å². The first-order valence-electron chi connectivity index (χ1n) is 5.86. The van der Waals surface area contributed by atoms with Gasteiger partial charge in [-0.25, -0.2) is 0 Å². The van der Waals surface area contributed by atoms with Crippen LogP contribution in [0.15, 0.2) is 48.8 Å². The standard InChI is InChI=1S/C15H15NO2/c1-18-14-9-12(10-16-11-14)7-8-15(17)13-5-3-2-4-6-13/h2-6,9-11H,7-8H2,1H3. The van der Waals surface area contributed by atoms with Gasteiger partial charge in [-0.05, 0) is 18.1 Å². The van der Waals surface area contributed by atoms with E-state index in [9.17, 15) is 4.79 Å². The first-order chi connectivity index (χ1) is 8.79. The molecule has 0 fully saturated rings. The summed E-state index contributed by atoms with van der Waals surface area (Å²) in [6.45, 7) is 0. The molecule has 3 heteroatoms. The zero-order valence-corrected chi connectivity index (χ0v) is 10.3. The molecular weight excluding hydrogens is 226 g/mol. The van der Waals surface area contributed by atoms with Crippen molar-refractivity contribution in [3.8, 4) is 5.75 Å². The van der Waals surface area contributed by atoms with Gasteiger partial charge in [0, 0.05) is 18.2 Å². The highest BCUT2D eigenvalue weighted by Crippen LogP contribution is 2.13. The lowest BCUT2D eigenvalue weighted by molar-refractivity contribution is 0.0983. The van der Waals surface area contributed by atoms with E-state index in [-0.39, 0.29) is 5.78 Å². The van der Waals surface area contributed by atoms with Crippen molar-refractivity contribution in [2.45, 2.75) is 12.8 Å². The van der Waals surface area contributed by atoms with Crippen LogP contribution in [-0.4, -0.2) is 17.9 Å². The molecule has 0 radical (unpaired) electrons. The van der Waals surface area contributed by atoms with Crippen LogP contribution in [0.1, 0.15) is 22.3 Å². The van der Waals surface area contributed by atoms with Crippen LogP contribution in [0.4, 0.5) is 0 Å². The van der Waals surface area contributed by atoms with Crippen LogP contribution in [0.3, 0.4) is 0 Å². The summed E-state index contributed by atoms with van der Waals surface area (Å²) in [5.41, 5.74) is 1.77. The lowest BCUT2D eigenvalue weighted by Gasteiger charge is -2.03.